The number of nitrogens with zero attached hydrogens (tertiary/aromatic N) is 2. The highest BCUT2D eigenvalue weighted by atomic mass is 35.5. The van der Waals surface area contributed by atoms with Gasteiger partial charge in [0.15, 0.2) is 5.96 Å². The van der Waals surface area contributed by atoms with E-state index in [9.17, 15) is 4.79 Å². The zero-order chi connectivity index (χ0) is 21.5. The fourth-order valence-corrected chi connectivity index (χ4v) is 3.95. The van der Waals surface area contributed by atoms with Crippen molar-refractivity contribution in [2.24, 2.45) is 4.99 Å². The summed E-state index contributed by atoms with van der Waals surface area (Å²) in [5, 5.41) is 7.07. The number of hydrogen-bond acceptors (Lipinski definition) is 3. The molecule has 2 N–H and O–H groups in total. The molecule has 0 aliphatic carbocycles. The number of rotatable bonds is 6. The minimum Gasteiger partial charge on any atom is -0.381 e. The molecule has 1 heterocycles. The molecule has 1 amide bonds. The van der Waals surface area contributed by atoms with Crippen molar-refractivity contribution in [1.29, 1.82) is 0 Å². The number of aliphatic imine (C=N–C) groups is 1. The second kappa shape index (κ2) is 10.3. The summed E-state index contributed by atoms with van der Waals surface area (Å²) in [6, 6.07) is 8.01. The van der Waals surface area contributed by atoms with E-state index in [-0.39, 0.29) is 23.4 Å². The Morgan fingerprint density at radius 2 is 1.93 bits per heavy atom. The summed E-state index contributed by atoms with van der Waals surface area (Å²) in [7, 11) is 1.88. The number of halogens is 1. The molecule has 0 unspecified atom stereocenters. The number of benzene rings is 1. The predicted octanol–water partition coefficient (Wildman–Crippen LogP) is 3.20. The SMILES string of the molecule is CCNC(=NCC1(c2ccccc2Cl)CCOCC1)N(C)CC(=O)NC(C)(C)C. The van der Waals surface area contributed by atoms with E-state index in [4.69, 9.17) is 21.3 Å². The lowest BCUT2D eigenvalue weighted by Gasteiger charge is -2.37. The van der Waals surface area contributed by atoms with E-state index in [0.29, 0.717) is 19.8 Å². The summed E-state index contributed by atoms with van der Waals surface area (Å²) in [5.41, 5.74) is 0.702. The molecule has 0 atom stereocenters. The van der Waals surface area contributed by atoms with E-state index in [1.807, 2.05) is 57.8 Å². The van der Waals surface area contributed by atoms with Gasteiger partial charge in [-0.15, -0.1) is 0 Å². The molecule has 1 saturated heterocycles. The lowest BCUT2D eigenvalue weighted by Crippen LogP contribution is -2.49. The van der Waals surface area contributed by atoms with Crippen LogP contribution in [0.3, 0.4) is 0 Å². The molecule has 1 aromatic rings. The highest BCUT2D eigenvalue weighted by Gasteiger charge is 2.36. The van der Waals surface area contributed by atoms with Crippen LogP contribution in [0.15, 0.2) is 29.3 Å². The first kappa shape index (κ1) is 23.5. The highest BCUT2D eigenvalue weighted by Crippen LogP contribution is 2.38. The van der Waals surface area contributed by atoms with Crippen LogP contribution < -0.4 is 10.6 Å². The summed E-state index contributed by atoms with van der Waals surface area (Å²) < 4.78 is 5.62. The Morgan fingerprint density at radius 3 is 2.52 bits per heavy atom. The van der Waals surface area contributed by atoms with Gasteiger partial charge in [0, 0.05) is 42.8 Å². The van der Waals surface area contributed by atoms with E-state index < -0.39 is 0 Å². The smallest absolute Gasteiger partial charge is 0.240 e. The van der Waals surface area contributed by atoms with E-state index in [2.05, 4.69) is 16.7 Å². The maximum absolute atomic E-state index is 12.3. The normalized spacial score (nSPS) is 17.0. The van der Waals surface area contributed by atoms with Gasteiger partial charge in [-0.05, 0) is 52.2 Å². The zero-order valence-corrected chi connectivity index (χ0v) is 19.1. The van der Waals surface area contributed by atoms with Crippen LogP contribution >= 0.6 is 11.6 Å². The lowest BCUT2D eigenvalue weighted by atomic mass is 9.74. The molecule has 1 aliphatic heterocycles. The molecule has 2 rings (SSSR count). The topological polar surface area (TPSA) is 66.0 Å². The third kappa shape index (κ3) is 6.89. The third-order valence-corrected chi connectivity index (χ3v) is 5.35. The second-order valence-electron chi connectivity index (χ2n) is 8.70. The third-order valence-electron chi connectivity index (χ3n) is 5.02. The van der Waals surface area contributed by atoms with Crippen molar-refractivity contribution in [2.75, 3.05) is 39.9 Å². The molecule has 0 saturated carbocycles. The van der Waals surface area contributed by atoms with Crippen molar-refractivity contribution in [2.45, 2.75) is 51.5 Å². The van der Waals surface area contributed by atoms with Crippen LogP contribution in [0.2, 0.25) is 5.02 Å². The minimum absolute atomic E-state index is 0.0301. The van der Waals surface area contributed by atoms with Gasteiger partial charge in [-0.25, -0.2) is 0 Å². The molecule has 1 aliphatic rings. The average Bonchev–Trinajstić information content (AvgIpc) is 2.64. The van der Waals surface area contributed by atoms with Crippen LogP contribution in [0, 0.1) is 0 Å². The lowest BCUT2D eigenvalue weighted by molar-refractivity contribution is -0.122. The molecular formula is C22H35ClN4O2. The van der Waals surface area contributed by atoms with Gasteiger partial charge < -0.3 is 20.3 Å². The Kier molecular flexibility index (Phi) is 8.34. The summed E-state index contributed by atoms with van der Waals surface area (Å²) in [5.74, 6) is 0.687. The molecule has 1 fully saturated rings. The summed E-state index contributed by atoms with van der Waals surface area (Å²) in [6.07, 6.45) is 1.74. The number of guanidine groups is 1. The first-order chi connectivity index (χ1) is 13.7. The Labute approximate surface area is 180 Å². The monoisotopic (exact) mass is 422 g/mol. The maximum Gasteiger partial charge on any atom is 0.240 e. The quantitative estimate of drug-likeness (QED) is 0.545. The summed E-state index contributed by atoms with van der Waals surface area (Å²) in [4.78, 5) is 19.1. The van der Waals surface area contributed by atoms with Gasteiger partial charge >= 0.3 is 0 Å². The van der Waals surface area contributed by atoms with Crippen molar-refractivity contribution in [3.8, 4) is 0 Å². The molecular weight excluding hydrogens is 388 g/mol. The summed E-state index contributed by atoms with van der Waals surface area (Å²) >= 11 is 6.55. The van der Waals surface area contributed by atoms with Gasteiger partial charge in [0.25, 0.3) is 0 Å². The van der Waals surface area contributed by atoms with E-state index in [0.717, 1.165) is 35.9 Å². The average molecular weight is 423 g/mol. The molecule has 162 valence electrons. The molecule has 0 bridgehead atoms. The van der Waals surface area contributed by atoms with Gasteiger partial charge in [-0.3, -0.25) is 9.79 Å². The molecule has 7 heteroatoms. The molecule has 0 radical (unpaired) electrons. The fraction of sp³-hybridized carbons (Fsp3) is 0.636. The Morgan fingerprint density at radius 1 is 1.28 bits per heavy atom. The minimum atomic E-state index is -0.260. The number of ether oxygens (including phenoxy) is 1. The number of carbonyl (C=O) groups excluding carboxylic acids is 1. The van der Waals surface area contributed by atoms with E-state index in [1.165, 1.54) is 0 Å². The van der Waals surface area contributed by atoms with Crippen molar-refractivity contribution in [1.82, 2.24) is 15.5 Å². The first-order valence-corrected chi connectivity index (χ1v) is 10.7. The van der Waals surface area contributed by atoms with Crippen molar-refractivity contribution in [3.05, 3.63) is 34.9 Å². The second-order valence-corrected chi connectivity index (χ2v) is 9.10. The largest absolute Gasteiger partial charge is 0.381 e. The Balaban J connectivity index is 2.21. The van der Waals surface area contributed by atoms with Crippen molar-refractivity contribution in [3.63, 3.8) is 0 Å². The Hall–Kier alpha value is -1.79. The predicted molar refractivity (Wildman–Crippen MR) is 120 cm³/mol. The molecule has 1 aromatic carbocycles. The van der Waals surface area contributed by atoms with Gasteiger partial charge in [0.2, 0.25) is 5.91 Å². The number of nitrogens with one attached hydrogen (secondary N) is 2. The van der Waals surface area contributed by atoms with Crippen LogP contribution in [0.25, 0.3) is 0 Å². The number of likely N-dealkylation sites (N-methyl/N-ethyl adjacent to an activating group) is 1. The van der Waals surface area contributed by atoms with Gasteiger partial charge in [-0.2, -0.15) is 0 Å². The standard InChI is InChI=1S/C22H35ClN4O2/c1-6-24-20(27(5)15-19(28)26-21(2,3)4)25-16-22(11-13-29-14-12-22)17-9-7-8-10-18(17)23/h7-10H,6,11-16H2,1-5H3,(H,24,25)(H,26,28). The molecule has 0 aromatic heterocycles. The fourth-order valence-electron chi connectivity index (χ4n) is 3.61. The highest BCUT2D eigenvalue weighted by molar-refractivity contribution is 6.31. The van der Waals surface area contributed by atoms with Gasteiger partial charge in [-0.1, -0.05) is 29.8 Å². The number of carbonyl (C=O) groups is 1. The molecule has 6 nitrogen and oxygen atoms in total. The molecule has 0 spiro atoms. The van der Waals surface area contributed by atoms with Crippen LogP contribution in [-0.2, 0) is 14.9 Å². The summed E-state index contributed by atoms with van der Waals surface area (Å²) in [6.45, 7) is 10.9. The van der Waals surface area contributed by atoms with Gasteiger partial charge in [0.05, 0.1) is 13.1 Å². The van der Waals surface area contributed by atoms with E-state index >= 15 is 0 Å². The van der Waals surface area contributed by atoms with Crippen LogP contribution in [0.5, 0.6) is 0 Å². The van der Waals surface area contributed by atoms with Gasteiger partial charge in [0.1, 0.15) is 0 Å². The van der Waals surface area contributed by atoms with Crippen LogP contribution in [0.4, 0.5) is 0 Å². The zero-order valence-electron chi connectivity index (χ0n) is 18.3. The van der Waals surface area contributed by atoms with Crippen LogP contribution in [-0.4, -0.2) is 62.2 Å². The molecule has 29 heavy (non-hydrogen) atoms. The van der Waals surface area contributed by atoms with E-state index in [1.54, 1.807) is 0 Å². The maximum atomic E-state index is 12.3. The number of hydrogen-bond donors (Lipinski definition) is 2. The number of amides is 1. The first-order valence-electron chi connectivity index (χ1n) is 10.3. The van der Waals surface area contributed by atoms with Crippen LogP contribution in [0.1, 0.15) is 46.1 Å². The Bertz CT molecular complexity index is 709. The van der Waals surface area contributed by atoms with Crippen molar-refractivity contribution < 1.29 is 9.53 Å². The van der Waals surface area contributed by atoms with Crippen molar-refractivity contribution >= 4 is 23.5 Å².